The Morgan fingerprint density at radius 2 is 2.00 bits per heavy atom. The summed E-state index contributed by atoms with van der Waals surface area (Å²) in [5.74, 6) is -0.537. The minimum Gasteiger partial charge on any atom is -0.496 e. The number of nitrogens with one attached hydrogen (secondary N) is 2. The molecule has 10 heteroatoms. The largest absolute Gasteiger partial charge is 0.496 e. The Kier molecular flexibility index (Phi) is 6.30. The summed E-state index contributed by atoms with van der Waals surface area (Å²) in [4.78, 5) is 32.6. The molecule has 0 bridgehead atoms. The van der Waals surface area contributed by atoms with Crippen molar-refractivity contribution < 1.29 is 23.1 Å². The number of amides is 2. The number of aryl methyl sites for hydroxylation is 1. The summed E-state index contributed by atoms with van der Waals surface area (Å²) in [5, 5.41) is 5.26. The molecule has 2 amide bonds. The van der Waals surface area contributed by atoms with Crippen LogP contribution in [-0.4, -0.2) is 28.9 Å². The predicted molar refractivity (Wildman–Crippen MR) is 110 cm³/mol. The fourth-order valence-corrected chi connectivity index (χ4v) is 3.08. The number of methoxy groups -OCH3 is 1. The standard InChI is InChI=1S/C19H19F2IN4O3/c1-10-7-14(25-18(24-10)26-16(27)12-4-5-12)17(28)23-9-11-3-6-15(29-2)13(8-11)19(20,21)22/h3,6-8,12H,4-5,9H2,1-2H3,(H,23,28)(H,24,25,26,27). The van der Waals surface area contributed by atoms with E-state index < -0.39 is 9.84 Å². The maximum Gasteiger partial charge on any atom is 0.325 e. The van der Waals surface area contributed by atoms with E-state index in [1.54, 1.807) is 13.0 Å². The third-order valence-corrected chi connectivity index (χ3v) is 4.87. The number of anilines is 1. The van der Waals surface area contributed by atoms with Crippen molar-refractivity contribution >= 4 is 40.4 Å². The van der Waals surface area contributed by atoms with Gasteiger partial charge < -0.3 is 10.1 Å². The zero-order chi connectivity index (χ0) is 21.2. The van der Waals surface area contributed by atoms with Gasteiger partial charge in [-0.05, 0) is 43.5 Å². The van der Waals surface area contributed by atoms with E-state index in [-0.39, 0.29) is 41.3 Å². The van der Waals surface area contributed by atoms with Crippen molar-refractivity contribution in [3.8, 4) is 5.75 Å². The van der Waals surface area contributed by atoms with E-state index in [0.29, 0.717) is 11.3 Å². The highest BCUT2D eigenvalue weighted by Gasteiger charge is 2.31. The highest BCUT2D eigenvalue weighted by Crippen LogP contribution is 2.40. The van der Waals surface area contributed by atoms with Crippen molar-refractivity contribution in [3.63, 3.8) is 0 Å². The molecule has 2 N–H and O–H groups in total. The van der Waals surface area contributed by atoms with Crippen LogP contribution in [0, 0.1) is 12.8 Å². The molecule has 1 fully saturated rings. The van der Waals surface area contributed by atoms with Crippen LogP contribution in [0.3, 0.4) is 0 Å². The monoisotopic (exact) mass is 516 g/mol. The average molecular weight is 516 g/mol. The fraction of sp³-hybridized carbons (Fsp3) is 0.368. The van der Waals surface area contributed by atoms with Crippen LogP contribution in [-0.2, 0) is 15.3 Å². The number of halogens is 3. The number of ether oxygens (including phenoxy) is 1. The summed E-state index contributed by atoms with van der Waals surface area (Å²) in [5.41, 5.74) is 0.818. The molecule has 0 aliphatic heterocycles. The molecule has 0 radical (unpaired) electrons. The Balaban J connectivity index is 1.70. The number of hydrogen-bond donors (Lipinski definition) is 2. The third-order valence-electron chi connectivity index (χ3n) is 4.29. The van der Waals surface area contributed by atoms with E-state index in [0.717, 1.165) is 35.4 Å². The first kappa shape index (κ1) is 21.3. The van der Waals surface area contributed by atoms with Crippen molar-refractivity contribution in [2.75, 3.05) is 12.4 Å². The van der Waals surface area contributed by atoms with Gasteiger partial charge in [0, 0.05) is 40.7 Å². The molecule has 0 spiro atoms. The zero-order valence-corrected chi connectivity index (χ0v) is 17.9. The second-order valence-electron chi connectivity index (χ2n) is 6.70. The van der Waals surface area contributed by atoms with Crippen molar-refractivity contribution in [1.29, 1.82) is 0 Å². The second-order valence-corrected chi connectivity index (χ2v) is 8.05. The number of carbonyl (C=O) groups is 2. The van der Waals surface area contributed by atoms with Crippen molar-refractivity contribution in [2.45, 2.75) is 30.2 Å². The molecule has 1 aliphatic carbocycles. The number of rotatable bonds is 7. The van der Waals surface area contributed by atoms with E-state index in [1.807, 2.05) is 0 Å². The van der Waals surface area contributed by atoms with Crippen LogP contribution in [0.25, 0.3) is 0 Å². The summed E-state index contributed by atoms with van der Waals surface area (Å²) >= 11 is 1.03. The minimum absolute atomic E-state index is 0.0170. The van der Waals surface area contributed by atoms with Crippen LogP contribution < -0.4 is 15.4 Å². The molecule has 1 saturated carbocycles. The summed E-state index contributed by atoms with van der Waals surface area (Å²) in [6.07, 6.45) is 1.68. The highest BCUT2D eigenvalue weighted by molar-refractivity contribution is 14.1. The number of nitrogens with zero attached hydrogens (tertiary/aromatic N) is 2. The smallest absolute Gasteiger partial charge is 0.325 e. The van der Waals surface area contributed by atoms with Gasteiger partial charge >= 0.3 is 3.93 Å². The minimum atomic E-state index is -3.11. The number of benzene rings is 1. The Labute approximate surface area is 179 Å². The van der Waals surface area contributed by atoms with Gasteiger partial charge in [0.15, 0.2) is 0 Å². The molecule has 0 atom stereocenters. The third kappa shape index (κ3) is 5.58. The van der Waals surface area contributed by atoms with Gasteiger partial charge in [-0.2, -0.15) is 8.78 Å². The second kappa shape index (κ2) is 8.56. The van der Waals surface area contributed by atoms with E-state index in [1.165, 1.54) is 25.3 Å². The van der Waals surface area contributed by atoms with Crippen molar-refractivity contribution in [2.24, 2.45) is 5.92 Å². The lowest BCUT2D eigenvalue weighted by molar-refractivity contribution is -0.117. The highest BCUT2D eigenvalue weighted by atomic mass is 127. The van der Waals surface area contributed by atoms with Gasteiger partial charge in [-0.15, -0.1) is 0 Å². The van der Waals surface area contributed by atoms with Crippen LogP contribution in [0.15, 0.2) is 24.3 Å². The van der Waals surface area contributed by atoms with Gasteiger partial charge in [-0.25, -0.2) is 9.97 Å². The molecule has 1 aliphatic rings. The maximum atomic E-state index is 13.8. The zero-order valence-electron chi connectivity index (χ0n) is 15.8. The summed E-state index contributed by atoms with van der Waals surface area (Å²) < 4.78 is 29.4. The van der Waals surface area contributed by atoms with Gasteiger partial charge in [0.25, 0.3) is 5.91 Å². The Bertz CT molecular complexity index is 946. The number of alkyl halides is 3. The normalized spacial score (nSPS) is 13.7. The van der Waals surface area contributed by atoms with E-state index in [9.17, 15) is 18.4 Å². The molecular formula is C19H19F2IN4O3. The fourth-order valence-electron chi connectivity index (χ4n) is 2.66. The molecule has 154 valence electrons. The van der Waals surface area contributed by atoms with Crippen LogP contribution >= 0.6 is 22.6 Å². The molecule has 7 nitrogen and oxygen atoms in total. The van der Waals surface area contributed by atoms with E-state index >= 15 is 0 Å². The van der Waals surface area contributed by atoms with Crippen molar-refractivity contribution in [1.82, 2.24) is 15.3 Å². The molecule has 1 aromatic carbocycles. The lowest BCUT2D eigenvalue weighted by Crippen LogP contribution is -2.25. The first-order valence-corrected chi connectivity index (χ1v) is 9.94. The molecule has 0 unspecified atom stereocenters. The van der Waals surface area contributed by atoms with Crippen molar-refractivity contribution in [3.05, 3.63) is 46.8 Å². The molecular weight excluding hydrogens is 497 g/mol. The van der Waals surface area contributed by atoms with Gasteiger partial charge in [-0.3, -0.25) is 14.9 Å². The molecule has 1 heterocycles. The Morgan fingerprint density at radius 1 is 1.28 bits per heavy atom. The summed E-state index contributed by atoms with van der Waals surface area (Å²) in [6.45, 7) is 1.71. The Hall–Kier alpha value is -2.37. The maximum absolute atomic E-state index is 13.8. The van der Waals surface area contributed by atoms with Gasteiger partial charge in [0.2, 0.25) is 11.9 Å². The molecule has 1 aromatic heterocycles. The number of aromatic nitrogens is 2. The summed E-state index contributed by atoms with van der Waals surface area (Å²) in [6, 6.07) is 5.81. The van der Waals surface area contributed by atoms with Gasteiger partial charge in [-0.1, -0.05) is 6.07 Å². The van der Waals surface area contributed by atoms with Gasteiger partial charge in [0.1, 0.15) is 11.4 Å². The molecule has 2 aromatic rings. The Morgan fingerprint density at radius 3 is 2.62 bits per heavy atom. The van der Waals surface area contributed by atoms with Crippen LogP contribution in [0.5, 0.6) is 5.75 Å². The van der Waals surface area contributed by atoms with Crippen LogP contribution in [0.4, 0.5) is 14.7 Å². The number of carbonyl (C=O) groups excluding carboxylic acids is 2. The number of hydrogen-bond acceptors (Lipinski definition) is 5. The van der Waals surface area contributed by atoms with Crippen LogP contribution in [0.2, 0.25) is 0 Å². The summed E-state index contributed by atoms with van der Waals surface area (Å²) in [7, 11) is 1.32. The first-order chi connectivity index (χ1) is 13.7. The first-order valence-electron chi connectivity index (χ1n) is 8.86. The lowest BCUT2D eigenvalue weighted by atomic mass is 10.1. The van der Waals surface area contributed by atoms with E-state index in [2.05, 4.69) is 20.6 Å². The molecule has 29 heavy (non-hydrogen) atoms. The average Bonchev–Trinajstić information content (AvgIpc) is 3.50. The topological polar surface area (TPSA) is 93.2 Å². The quantitative estimate of drug-likeness (QED) is 0.434. The SMILES string of the molecule is COc1ccc(CNC(=O)c2cc(C)nc(NC(=O)C3CC3)n2)cc1C(F)(F)I. The molecule has 3 rings (SSSR count). The predicted octanol–water partition coefficient (Wildman–Crippen LogP) is 3.56. The lowest BCUT2D eigenvalue weighted by Gasteiger charge is -2.15. The van der Waals surface area contributed by atoms with E-state index in [4.69, 9.17) is 4.74 Å². The van der Waals surface area contributed by atoms with Gasteiger partial charge in [0.05, 0.1) is 12.7 Å². The van der Waals surface area contributed by atoms with Crippen LogP contribution in [0.1, 0.15) is 40.2 Å². The molecule has 0 saturated heterocycles.